The molecule has 0 aliphatic heterocycles. The average Bonchev–Trinajstić information content (AvgIpc) is 2.67. The summed E-state index contributed by atoms with van der Waals surface area (Å²) in [5.41, 5.74) is 1.40. The summed E-state index contributed by atoms with van der Waals surface area (Å²) in [7, 11) is 0. The second-order valence-corrected chi connectivity index (χ2v) is 5.41. The highest BCUT2D eigenvalue weighted by Crippen LogP contribution is 2.11. The van der Waals surface area contributed by atoms with Crippen LogP contribution in [-0.4, -0.2) is 37.3 Å². The quantitative estimate of drug-likeness (QED) is 0.600. The normalized spacial score (nSPS) is 11.4. The number of hydrogen-bond donors (Lipinski definition) is 3. The lowest BCUT2D eigenvalue weighted by Crippen LogP contribution is -2.35. The Hall–Kier alpha value is -2.88. The van der Waals surface area contributed by atoms with Crippen LogP contribution < -0.4 is 15.4 Å². The van der Waals surface area contributed by atoms with Crippen LogP contribution in [0.15, 0.2) is 54.6 Å². The highest BCUT2D eigenvalue weighted by atomic mass is 16.5. The summed E-state index contributed by atoms with van der Waals surface area (Å²) in [6, 6.07) is 18.0. The first kappa shape index (κ1) is 18.5. The standard InChI is InChI=1S/C19H21N3O3/c20-12-15-6-8-17(9-7-15)25-14-19(24)22-11-10-21-13-18(23)16-4-2-1-3-5-16/h1-9,18,21,23H,10-11,13-14H2,(H,22,24). The minimum atomic E-state index is -0.573. The van der Waals surface area contributed by atoms with Gasteiger partial charge in [-0.05, 0) is 29.8 Å². The summed E-state index contributed by atoms with van der Waals surface area (Å²) in [6.45, 7) is 1.32. The molecule has 2 aromatic carbocycles. The van der Waals surface area contributed by atoms with E-state index in [-0.39, 0.29) is 12.5 Å². The molecule has 0 aliphatic carbocycles. The van der Waals surface area contributed by atoms with Crippen LogP contribution in [0, 0.1) is 11.3 Å². The molecule has 0 radical (unpaired) electrons. The van der Waals surface area contributed by atoms with E-state index in [1.54, 1.807) is 24.3 Å². The van der Waals surface area contributed by atoms with Gasteiger partial charge in [-0.25, -0.2) is 0 Å². The summed E-state index contributed by atoms with van der Waals surface area (Å²) >= 11 is 0. The minimum Gasteiger partial charge on any atom is -0.484 e. The molecule has 1 amide bonds. The number of carbonyl (C=O) groups excluding carboxylic acids is 1. The number of aliphatic hydroxyl groups excluding tert-OH is 1. The first-order valence-electron chi connectivity index (χ1n) is 8.02. The highest BCUT2D eigenvalue weighted by Gasteiger charge is 2.06. The van der Waals surface area contributed by atoms with Gasteiger partial charge in [0, 0.05) is 19.6 Å². The summed E-state index contributed by atoms with van der Waals surface area (Å²) in [4.78, 5) is 11.7. The van der Waals surface area contributed by atoms with Crippen molar-refractivity contribution in [3.8, 4) is 11.8 Å². The third kappa shape index (κ3) is 6.63. The van der Waals surface area contributed by atoms with Gasteiger partial charge in [0.15, 0.2) is 6.61 Å². The van der Waals surface area contributed by atoms with Crippen molar-refractivity contribution in [2.45, 2.75) is 6.10 Å². The fourth-order valence-corrected chi connectivity index (χ4v) is 2.15. The van der Waals surface area contributed by atoms with Gasteiger partial charge in [0.1, 0.15) is 5.75 Å². The fourth-order valence-electron chi connectivity index (χ4n) is 2.15. The molecular weight excluding hydrogens is 318 g/mol. The molecule has 25 heavy (non-hydrogen) atoms. The van der Waals surface area contributed by atoms with Crippen LogP contribution in [0.25, 0.3) is 0 Å². The third-order valence-electron chi connectivity index (χ3n) is 3.50. The van der Waals surface area contributed by atoms with Crippen molar-refractivity contribution in [3.05, 3.63) is 65.7 Å². The van der Waals surface area contributed by atoms with Gasteiger partial charge in [0.05, 0.1) is 17.7 Å². The second kappa shape index (κ2) is 10.1. The molecule has 0 bridgehead atoms. The molecule has 1 unspecified atom stereocenters. The molecule has 0 aliphatic rings. The Labute approximate surface area is 147 Å². The smallest absolute Gasteiger partial charge is 0.257 e. The predicted octanol–water partition coefficient (Wildman–Crippen LogP) is 1.38. The zero-order valence-electron chi connectivity index (χ0n) is 13.8. The van der Waals surface area contributed by atoms with E-state index >= 15 is 0 Å². The van der Waals surface area contributed by atoms with Crippen LogP contribution in [-0.2, 0) is 4.79 Å². The van der Waals surface area contributed by atoms with Gasteiger partial charge in [-0.2, -0.15) is 5.26 Å². The molecule has 0 fully saturated rings. The van der Waals surface area contributed by atoms with E-state index in [2.05, 4.69) is 10.6 Å². The van der Waals surface area contributed by atoms with E-state index < -0.39 is 6.10 Å². The summed E-state index contributed by atoms with van der Waals surface area (Å²) in [6.07, 6.45) is -0.573. The summed E-state index contributed by atoms with van der Waals surface area (Å²) in [5.74, 6) is 0.313. The van der Waals surface area contributed by atoms with Crippen molar-refractivity contribution in [2.75, 3.05) is 26.2 Å². The number of rotatable bonds is 9. The Kier molecular flexibility index (Phi) is 7.44. The predicted molar refractivity (Wildman–Crippen MR) is 93.9 cm³/mol. The van der Waals surface area contributed by atoms with Crippen LogP contribution in [0.3, 0.4) is 0 Å². The molecule has 130 valence electrons. The lowest BCUT2D eigenvalue weighted by Gasteiger charge is -2.12. The Morgan fingerprint density at radius 1 is 1.12 bits per heavy atom. The van der Waals surface area contributed by atoms with Gasteiger partial charge in [0.2, 0.25) is 0 Å². The van der Waals surface area contributed by atoms with E-state index in [1.807, 2.05) is 36.4 Å². The van der Waals surface area contributed by atoms with Crippen LogP contribution >= 0.6 is 0 Å². The van der Waals surface area contributed by atoms with Gasteiger partial charge in [0.25, 0.3) is 5.91 Å². The van der Waals surface area contributed by atoms with Crippen molar-refractivity contribution >= 4 is 5.91 Å². The highest BCUT2D eigenvalue weighted by molar-refractivity contribution is 5.77. The van der Waals surface area contributed by atoms with E-state index in [0.717, 1.165) is 5.56 Å². The average molecular weight is 339 g/mol. The van der Waals surface area contributed by atoms with Gasteiger partial charge in [-0.15, -0.1) is 0 Å². The zero-order valence-corrected chi connectivity index (χ0v) is 13.8. The molecule has 0 spiro atoms. The van der Waals surface area contributed by atoms with Crippen molar-refractivity contribution < 1.29 is 14.6 Å². The van der Waals surface area contributed by atoms with Gasteiger partial charge in [-0.1, -0.05) is 30.3 Å². The number of carbonyl (C=O) groups is 1. The van der Waals surface area contributed by atoms with Crippen molar-refractivity contribution in [1.82, 2.24) is 10.6 Å². The maximum absolute atomic E-state index is 11.7. The maximum atomic E-state index is 11.7. The van der Waals surface area contributed by atoms with Crippen molar-refractivity contribution in [3.63, 3.8) is 0 Å². The minimum absolute atomic E-state index is 0.0848. The number of aliphatic hydroxyl groups is 1. The van der Waals surface area contributed by atoms with Crippen LogP contribution in [0.4, 0.5) is 0 Å². The topological polar surface area (TPSA) is 94.4 Å². The Morgan fingerprint density at radius 3 is 2.52 bits per heavy atom. The molecule has 2 rings (SSSR count). The SMILES string of the molecule is N#Cc1ccc(OCC(=O)NCCNCC(O)c2ccccc2)cc1. The largest absolute Gasteiger partial charge is 0.484 e. The number of nitrogens with one attached hydrogen (secondary N) is 2. The number of amides is 1. The third-order valence-corrected chi connectivity index (χ3v) is 3.50. The Bertz CT molecular complexity index is 696. The Morgan fingerprint density at radius 2 is 1.84 bits per heavy atom. The number of hydrogen-bond acceptors (Lipinski definition) is 5. The molecule has 6 nitrogen and oxygen atoms in total. The van der Waals surface area contributed by atoms with Gasteiger partial charge < -0.3 is 20.5 Å². The molecule has 0 saturated heterocycles. The monoisotopic (exact) mass is 339 g/mol. The molecular formula is C19H21N3O3. The lowest BCUT2D eigenvalue weighted by molar-refractivity contribution is -0.123. The van der Waals surface area contributed by atoms with Crippen molar-refractivity contribution in [1.29, 1.82) is 5.26 Å². The Balaban J connectivity index is 1.57. The zero-order chi connectivity index (χ0) is 17.9. The van der Waals surface area contributed by atoms with Crippen molar-refractivity contribution in [2.24, 2.45) is 0 Å². The molecule has 1 atom stereocenters. The van der Waals surface area contributed by atoms with Gasteiger partial charge in [-0.3, -0.25) is 4.79 Å². The first-order chi connectivity index (χ1) is 12.2. The molecule has 0 aromatic heterocycles. The van der Waals surface area contributed by atoms with Gasteiger partial charge >= 0.3 is 0 Å². The van der Waals surface area contributed by atoms with Crippen LogP contribution in [0.1, 0.15) is 17.2 Å². The number of benzene rings is 2. The molecule has 6 heteroatoms. The van der Waals surface area contributed by atoms with E-state index in [1.165, 1.54) is 0 Å². The number of ether oxygens (including phenoxy) is 1. The fraction of sp³-hybridized carbons (Fsp3) is 0.263. The number of nitrogens with zero attached hydrogens (tertiary/aromatic N) is 1. The molecule has 2 aromatic rings. The second-order valence-electron chi connectivity index (χ2n) is 5.41. The van der Waals surface area contributed by atoms with E-state index in [0.29, 0.717) is 30.9 Å². The van der Waals surface area contributed by atoms with Crippen LogP contribution in [0.5, 0.6) is 5.75 Å². The van der Waals surface area contributed by atoms with Crippen LogP contribution in [0.2, 0.25) is 0 Å². The summed E-state index contributed by atoms with van der Waals surface area (Å²) in [5, 5.41) is 24.5. The summed E-state index contributed by atoms with van der Waals surface area (Å²) < 4.78 is 5.34. The van der Waals surface area contributed by atoms with E-state index in [4.69, 9.17) is 10.00 Å². The van der Waals surface area contributed by atoms with E-state index in [9.17, 15) is 9.90 Å². The first-order valence-corrected chi connectivity index (χ1v) is 8.02. The molecule has 0 saturated carbocycles. The molecule has 0 heterocycles. The number of nitriles is 1. The maximum Gasteiger partial charge on any atom is 0.257 e. The lowest BCUT2D eigenvalue weighted by atomic mass is 10.1. The molecule has 3 N–H and O–H groups in total.